The van der Waals surface area contributed by atoms with Crippen LogP contribution in [-0.2, 0) is 6.54 Å². The first-order valence-electron chi connectivity index (χ1n) is 5.71. The zero-order chi connectivity index (χ0) is 15.3. The number of hydrogen-bond acceptors (Lipinski definition) is 3. The van der Waals surface area contributed by atoms with Gasteiger partial charge in [-0.2, -0.15) is 13.2 Å². The Hall–Kier alpha value is -1.28. The zero-order valence-corrected chi connectivity index (χ0v) is 12.3. The van der Waals surface area contributed by atoms with Gasteiger partial charge in [-0.05, 0) is 18.7 Å². The van der Waals surface area contributed by atoms with E-state index >= 15 is 0 Å². The highest BCUT2D eigenvalue weighted by atomic mass is 79.9. The smallest absolute Gasteiger partial charge is 0.400 e. The van der Waals surface area contributed by atoms with Crippen LogP contribution in [-0.4, -0.2) is 35.7 Å². The monoisotopic (exact) mass is 353 g/mol. The number of nitrogens with zero attached hydrogens (tertiary/aromatic N) is 2. The van der Waals surface area contributed by atoms with Crippen molar-refractivity contribution < 1.29 is 18.4 Å². The van der Waals surface area contributed by atoms with E-state index in [2.05, 4.69) is 21.1 Å². The van der Waals surface area contributed by atoms with Crippen LogP contribution in [0.2, 0.25) is 0 Å². The summed E-state index contributed by atoms with van der Waals surface area (Å²) in [5, 5.41) is 10.9. The van der Waals surface area contributed by atoms with Crippen LogP contribution >= 0.6 is 15.9 Å². The van der Waals surface area contributed by atoms with Crippen molar-refractivity contribution in [1.29, 1.82) is 0 Å². The highest BCUT2D eigenvalue weighted by Gasteiger charge is 2.43. The predicted octanol–water partition coefficient (Wildman–Crippen LogP) is 2.81. The van der Waals surface area contributed by atoms with Gasteiger partial charge in [-0.15, -0.1) is 0 Å². The summed E-state index contributed by atoms with van der Waals surface area (Å²) in [4.78, 5) is 1.47. The van der Waals surface area contributed by atoms with E-state index in [0.717, 1.165) is 10.0 Å². The van der Waals surface area contributed by atoms with Gasteiger partial charge in [0.2, 0.25) is 0 Å². The van der Waals surface area contributed by atoms with E-state index in [1.807, 2.05) is 18.2 Å². The Balaban J connectivity index is 2.77. The molecular weight excluding hydrogens is 339 g/mol. The summed E-state index contributed by atoms with van der Waals surface area (Å²) in [7, 11) is 1.54. The van der Waals surface area contributed by atoms with E-state index in [9.17, 15) is 13.2 Å². The molecule has 4 nitrogen and oxygen atoms in total. The second-order valence-electron chi connectivity index (χ2n) is 4.41. The van der Waals surface area contributed by atoms with E-state index in [1.54, 1.807) is 13.1 Å². The van der Waals surface area contributed by atoms with Crippen LogP contribution in [0.15, 0.2) is 33.9 Å². The lowest BCUT2D eigenvalue weighted by Crippen LogP contribution is -2.43. The van der Waals surface area contributed by atoms with Gasteiger partial charge >= 0.3 is 6.18 Å². The number of benzene rings is 1. The van der Waals surface area contributed by atoms with Gasteiger partial charge in [0.15, 0.2) is 5.84 Å². The molecule has 0 aliphatic rings. The van der Waals surface area contributed by atoms with Crippen molar-refractivity contribution in [2.24, 2.45) is 16.8 Å². The molecule has 8 heteroatoms. The van der Waals surface area contributed by atoms with Crippen molar-refractivity contribution in [3.63, 3.8) is 0 Å². The van der Waals surface area contributed by atoms with Crippen LogP contribution in [0.1, 0.15) is 5.56 Å². The SMILES string of the molecule is CN(Cc1ccccc1Br)CC(/C(N)=N/O)C(F)(F)F. The highest BCUT2D eigenvalue weighted by Crippen LogP contribution is 2.27. The largest absolute Gasteiger partial charge is 0.409 e. The minimum Gasteiger partial charge on any atom is -0.409 e. The van der Waals surface area contributed by atoms with E-state index < -0.39 is 17.9 Å². The van der Waals surface area contributed by atoms with Gasteiger partial charge in [-0.3, -0.25) is 0 Å². The molecule has 0 aliphatic heterocycles. The maximum atomic E-state index is 12.8. The molecule has 20 heavy (non-hydrogen) atoms. The van der Waals surface area contributed by atoms with Crippen molar-refractivity contribution >= 4 is 21.8 Å². The average Bonchev–Trinajstić information content (AvgIpc) is 2.36. The molecule has 0 radical (unpaired) electrons. The maximum absolute atomic E-state index is 12.8. The van der Waals surface area contributed by atoms with Crippen molar-refractivity contribution in [2.75, 3.05) is 13.6 Å². The number of alkyl halides is 3. The Labute approximate surface area is 123 Å². The molecule has 0 heterocycles. The van der Waals surface area contributed by atoms with E-state index in [-0.39, 0.29) is 6.54 Å². The van der Waals surface area contributed by atoms with Crippen molar-refractivity contribution in [3.05, 3.63) is 34.3 Å². The molecule has 1 aromatic carbocycles. The van der Waals surface area contributed by atoms with Gasteiger partial charge in [-0.25, -0.2) is 0 Å². The van der Waals surface area contributed by atoms with Crippen LogP contribution in [0.3, 0.4) is 0 Å². The normalized spacial score (nSPS) is 14.6. The van der Waals surface area contributed by atoms with Crippen LogP contribution in [0.25, 0.3) is 0 Å². The van der Waals surface area contributed by atoms with E-state index in [1.165, 1.54) is 4.90 Å². The molecule has 0 bridgehead atoms. The Morgan fingerprint density at radius 3 is 2.55 bits per heavy atom. The maximum Gasteiger partial charge on any atom is 0.400 e. The third kappa shape index (κ3) is 4.68. The molecule has 0 aliphatic carbocycles. The number of oxime groups is 1. The molecule has 0 amide bonds. The van der Waals surface area contributed by atoms with Crippen LogP contribution in [0, 0.1) is 5.92 Å². The summed E-state index contributed by atoms with van der Waals surface area (Å²) < 4.78 is 39.3. The first kappa shape index (κ1) is 16.8. The first-order chi connectivity index (χ1) is 9.25. The molecule has 0 fully saturated rings. The third-order valence-corrected chi connectivity index (χ3v) is 3.53. The van der Waals surface area contributed by atoms with Crippen LogP contribution < -0.4 is 5.73 Å². The molecule has 3 N–H and O–H groups in total. The van der Waals surface area contributed by atoms with Gasteiger partial charge in [-0.1, -0.05) is 39.3 Å². The van der Waals surface area contributed by atoms with E-state index in [0.29, 0.717) is 6.54 Å². The summed E-state index contributed by atoms with van der Waals surface area (Å²) in [6.07, 6.45) is -4.56. The third-order valence-electron chi connectivity index (χ3n) is 2.76. The van der Waals surface area contributed by atoms with E-state index in [4.69, 9.17) is 10.9 Å². The topological polar surface area (TPSA) is 61.8 Å². The van der Waals surface area contributed by atoms with Gasteiger partial charge in [0.25, 0.3) is 0 Å². The van der Waals surface area contributed by atoms with Gasteiger partial charge < -0.3 is 15.8 Å². The van der Waals surface area contributed by atoms with Crippen molar-refractivity contribution in [2.45, 2.75) is 12.7 Å². The Morgan fingerprint density at radius 2 is 2.05 bits per heavy atom. The van der Waals surface area contributed by atoms with Gasteiger partial charge in [0.05, 0.1) is 0 Å². The molecule has 1 rings (SSSR count). The lowest BCUT2D eigenvalue weighted by Gasteiger charge is -2.25. The minimum atomic E-state index is -4.56. The predicted molar refractivity (Wildman–Crippen MR) is 73.4 cm³/mol. The fourth-order valence-electron chi connectivity index (χ4n) is 1.73. The van der Waals surface area contributed by atoms with Crippen molar-refractivity contribution in [1.82, 2.24) is 4.90 Å². The number of hydrogen-bond donors (Lipinski definition) is 2. The summed E-state index contributed by atoms with van der Waals surface area (Å²) >= 11 is 3.34. The lowest BCUT2D eigenvalue weighted by molar-refractivity contribution is -0.159. The highest BCUT2D eigenvalue weighted by molar-refractivity contribution is 9.10. The molecule has 0 saturated carbocycles. The minimum absolute atomic E-state index is 0.312. The number of nitrogens with two attached hydrogens (primary N) is 1. The standard InChI is InChI=1S/C12H15BrF3N3O/c1-19(6-8-4-2-3-5-10(8)13)7-9(11(17)18-20)12(14,15)16/h2-5,9,20H,6-7H2,1H3,(H2,17,18). The molecule has 0 saturated heterocycles. The number of amidine groups is 1. The second kappa shape index (κ2) is 6.94. The molecule has 0 spiro atoms. The average molecular weight is 354 g/mol. The summed E-state index contributed by atoms with van der Waals surface area (Å²) in [5.41, 5.74) is 5.98. The lowest BCUT2D eigenvalue weighted by atomic mass is 10.1. The van der Waals surface area contributed by atoms with Crippen molar-refractivity contribution in [3.8, 4) is 0 Å². The fourth-order valence-corrected chi connectivity index (χ4v) is 2.14. The molecular formula is C12H15BrF3N3O. The summed E-state index contributed by atoms with van der Waals surface area (Å²) in [6.45, 7) is -0.0760. The van der Waals surface area contributed by atoms with Crippen LogP contribution in [0.4, 0.5) is 13.2 Å². The van der Waals surface area contributed by atoms with Gasteiger partial charge in [0, 0.05) is 17.6 Å². The Morgan fingerprint density at radius 1 is 1.45 bits per heavy atom. The summed E-state index contributed by atoms with van der Waals surface area (Å²) in [6, 6.07) is 7.25. The molecule has 1 atom stereocenters. The second-order valence-corrected chi connectivity index (χ2v) is 5.26. The van der Waals surface area contributed by atoms with Gasteiger partial charge in [0.1, 0.15) is 5.92 Å². The molecule has 1 unspecified atom stereocenters. The molecule has 1 aromatic rings. The molecule has 112 valence electrons. The number of rotatable bonds is 5. The zero-order valence-electron chi connectivity index (χ0n) is 10.7. The number of halogens is 4. The van der Waals surface area contributed by atoms with Crippen LogP contribution in [0.5, 0.6) is 0 Å². The quantitative estimate of drug-likeness (QED) is 0.370. The first-order valence-corrected chi connectivity index (χ1v) is 6.51. The Bertz CT molecular complexity index is 479. The summed E-state index contributed by atoms with van der Waals surface area (Å²) in [5.74, 6) is -2.84. The molecule has 0 aromatic heterocycles. The fraction of sp³-hybridized carbons (Fsp3) is 0.417. The Kier molecular flexibility index (Phi) is 5.82.